The van der Waals surface area contributed by atoms with E-state index < -0.39 is 5.97 Å². The molecule has 1 rings (SSSR count). The molecular weight excluding hydrogens is 310 g/mol. The zero-order valence-electron chi connectivity index (χ0n) is 17.7. The summed E-state index contributed by atoms with van der Waals surface area (Å²) >= 11 is 0. The summed E-state index contributed by atoms with van der Waals surface area (Å²) in [5.41, 5.74) is 0. The highest BCUT2D eigenvalue weighted by Gasteiger charge is 2.37. The summed E-state index contributed by atoms with van der Waals surface area (Å²) in [7, 11) is 0. The molecule has 0 N–H and O–H groups in total. The normalized spacial score (nSPS) is 15.0. The summed E-state index contributed by atoms with van der Waals surface area (Å²) in [6, 6.07) is 1.01. The second kappa shape index (κ2) is 15.7. The van der Waals surface area contributed by atoms with Gasteiger partial charge in [0.15, 0.2) is 0 Å². The van der Waals surface area contributed by atoms with Crippen molar-refractivity contribution in [1.29, 1.82) is 0 Å². The summed E-state index contributed by atoms with van der Waals surface area (Å²) in [4.78, 5) is 9.65. The maximum Gasteiger partial charge on any atom is 0.0890 e. The lowest BCUT2D eigenvalue weighted by Crippen LogP contribution is -2.56. The predicted molar refractivity (Wildman–Crippen MR) is 106 cm³/mol. The number of carbonyl (C=O) groups is 1. The van der Waals surface area contributed by atoms with Crippen molar-refractivity contribution in [2.75, 3.05) is 19.6 Å². The van der Waals surface area contributed by atoms with Crippen molar-refractivity contribution < 1.29 is 14.4 Å². The molecule has 0 aromatic rings. The molecule has 0 bridgehead atoms. The molecule has 0 saturated heterocycles. The lowest BCUT2D eigenvalue weighted by atomic mass is 10.1. The van der Waals surface area contributed by atoms with E-state index in [-0.39, 0.29) is 6.42 Å². The molecule has 0 aromatic heterocycles. The minimum absolute atomic E-state index is 0.205. The standard InChI is InChI=1S/C17H36N.C5H10O2/c1-4-7-14-18(15-8-5-2,16-9-6-3)17-12-10-11-13-17;1-2-3-4-5(6)7/h17H,4-16H2,1-3H3;2-4H2,1H3,(H,6,7)/q+1;/p-1. The number of carboxylic acids is 1. The summed E-state index contributed by atoms with van der Waals surface area (Å²) < 4.78 is 1.48. The smallest absolute Gasteiger partial charge is 0.0890 e. The molecule has 1 saturated carbocycles. The van der Waals surface area contributed by atoms with Crippen LogP contribution >= 0.6 is 0 Å². The second-order valence-corrected chi connectivity index (χ2v) is 7.86. The zero-order valence-corrected chi connectivity index (χ0v) is 17.7. The third kappa shape index (κ3) is 10.9. The molecule has 1 fully saturated rings. The van der Waals surface area contributed by atoms with E-state index in [0.717, 1.165) is 18.9 Å². The van der Waals surface area contributed by atoms with Gasteiger partial charge >= 0.3 is 0 Å². The predicted octanol–water partition coefficient (Wildman–Crippen LogP) is 5.07. The fraction of sp³-hybridized carbons (Fsp3) is 0.955. The third-order valence-corrected chi connectivity index (χ3v) is 5.70. The van der Waals surface area contributed by atoms with Gasteiger partial charge in [-0.3, -0.25) is 0 Å². The van der Waals surface area contributed by atoms with Gasteiger partial charge in [-0.15, -0.1) is 0 Å². The van der Waals surface area contributed by atoms with Crippen LogP contribution in [0.4, 0.5) is 0 Å². The summed E-state index contributed by atoms with van der Waals surface area (Å²) in [5.74, 6) is -0.943. The van der Waals surface area contributed by atoms with E-state index in [0.29, 0.717) is 0 Å². The Kier molecular flexibility index (Phi) is 15.3. The van der Waals surface area contributed by atoms with E-state index in [4.69, 9.17) is 0 Å². The summed E-state index contributed by atoms with van der Waals surface area (Å²) in [5, 5.41) is 9.65. The van der Waals surface area contributed by atoms with E-state index in [2.05, 4.69) is 20.8 Å². The van der Waals surface area contributed by atoms with Gasteiger partial charge in [0.1, 0.15) is 0 Å². The van der Waals surface area contributed by atoms with E-state index in [1.54, 1.807) is 0 Å². The molecule has 0 heterocycles. The number of nitrogens with zero attached hydrogens (tertiary/aromatic N) is 1. The Labute approximate surface area is 157 Å². The Balaban J connectivity index is 0.000000697. The van der Waals surface area contributed by atoms with Crippen molar-refractivity contribution >= 4 is 5.97 Å². The van der Waals surface area contributed by atoms with Gasteiger partial charge in [0.05, 0.1) is 25.7 Å². The van der Waals surface area contributed by atoms with Crippen LogP contribution in [-0.2, 0) is 4.79 Å². The van der Waals surface area contributed by atoms with Crippen LogP contribution in [0.1, 0.15) is 111 Å². The van der Waals surface area contributed by atoms with Gasteiger partial charge in [0, 0.05) is 5.97 Å². The molecule has 1 aliphatic carbocycles. The molecule has 150 valence electrons. The first-order valence-electron chi connectivity index (χ1n) is 11.1. The van der Waals surface area contributed by atoms with Crippen LogP contribution in [0.25, 0.3) is 0 Å². The second-order valence-electron chi connectivity index (χ2n) is 7.86. The highest BCUT2D eigenvalue weighted by Crippen LogP contribution is 2.31. The maximum absolute atomic E-state index is 9.65. The molecule has 0 atom stereocenters. The van der Waals surface area contributed by atoms with Crippen LogP contribution in [-0.4, -0.2) is 36.1 Å². The van der Waals surface area contributed by atoms with E-state index in [1.807, 2.05) is 6.92 Å². The first kappa shape index (κ1) is 24.4. The first-order chi connectivity index (χ1) is 12.1. The van der Waals surface area contributed by atoms with Crippen molar-refractivity contribution in [3.63, 3.8) is 0 Å². The number of rotatable bonds is 13. The van der Waals surface area contributed by atoms with Gasteiger partial charge in [-0.1, -0.05) is 53.4 Å². The molecular formula is C22H45NO2. The van der Waals surface area contributed by atoms with Crippen LogP contribution in [0.3, 0.4) is 0 Å². The molecule has 0 unspecified atom stereocenters. The number of carboxylic acid groups (broad SMARTS) is 1. The van der Waals surface area contributed by atoms with Gasteiger partial charge in [-0.2, -0.15) is 0 Å². The largest absolute Gasteiger partial charge is 0.550 e. The fourth-order valence-corrected chi connectivity index (χ4v) is 4.08. The lowest BCUT2D eigenvalue weighted by molar-refractivity contribution is -0.951. The van der Waals surface area contributed by atoms with Gasteiger partial charge in [-0.25, -0.2) is 0 Å². The Hall–Kier alpha value is -0.570. The molecule has 0 aliphatic heterocycles. The van der Waals surface area contributed by atoms with Gasteiger partial charge in [-0.05, 0) is 57.8 Å². The Morgan fingerprint density at radius 1 is 0.800 bits per heavy atom. The van der Waals surface area contributed by atoms with Gasteiger partial charge in [0.25, 0.3) is 0 Å². The van der Waals surface area contributed by atoms with E-state index in [9.17, 15) is 9.90 Å². The minimum Gasteiger partial charge on any atom is -0.550 e. The zero-order chi connectivity index (χ0) is 19.0. The number of quaternary nitrogens is 1. The highest BCUT2D eigenvalue weighted by atomic mass is 16.4. The Morgan fingerprint density at radius 2 is 1.20 bits per heavy atom. The number of hydrogen-bond acceptors (Lipinski definition) is 2. The molecule has 0 radical (unpaired) electrons. The van der Waals surface area contributed by atoms with E-state index >= 15 is 0 Å². The SMILES string of the molecule is CCCCC(=O)[O-].CCCC[N+](CCCC)(CCCC)C1CCCC1. The number of hydrogen-bond donors (Lipinski definition) is 0. The number of unbranched alkanes of at least 4 members (excludes halogenated alkanes) is 4. The monoisotopic (exact) mass is 355 g/mol. The Bertz CT molecular complexity index is 289. The molecule has 25 heavy (non-hydrogen) atoms. The highest BCUT2D eigenvalue weighted by molar-refractivity contribution is 5.63. The average molecular weight is 356 g/mol. The summed E-state index contributed by atoms with van der Waals surface area (Å²) in [6.45, 7) is 13.4. The van der Waals surface area contributed by atoms with Gasteiger partial charge in [0.2, 0.25) is 0 Å². The topological polar surface area (TPSA) is 40.1 Å². The van der Waals surface area contributed by atoms with E-state index in [1.165, 1.54) is 88.3 Å². The number of carbonyl (C=O) groups excluding carboxylic acids is 1. The van der Waals surface area contributed by atoms with Crippen molar-refractivity contribution in [2.45, 2.75) is 117 Å². The van der Waals surface area contributed by atoms with Crippen molar-refractivity contribution in [2.24, 2.45) is 0 Å². The molecule has 0 amide bonds. The molecule has 3 heteroatoms. The maximum atomic E-state index is 9.65. The number of aliphatic carboxylic acids is 1. The molecule has 3 nitrogen and oxygen atoms in total. The van der Waals surface area contributed by atoms with Crippen LogP contribution < -0.4 is 5.11 Å². The van der Waals surface area contributed by atoms with Crippen LogP contribution in [0, 0.1) is 0 Å². The van der Waals surface area contributed by atoms with Crippen molar-refractivity contribution in [3.8, 4) is 0 Å². The summed E-state index contributed by atoms with van der Waals surface area (Å²) in [6.07, 6.45) is 16.3. The van der Waals surface area contributed by atoms with Gasteiger partial charge < -0.3 is 14.4 Å². The van der Waals surface area contributed by atoms with Crippen LogP contribution in [0.5, 0.6) is 0 Å². The quantitative estimate of drug-likeness (QED) is 0.433. The van der Waals surface area contributed by atoms with Crippen LogP contribution in [0.15, 0.2) is 0 Å². The lowest BCUT2D eigenvalue weighted by Gasteiger charge is -2.44. The first-order valence-corrected chi connectivity index (χ1v) is 11.1. The average Bonchev–Trinajstić information content (AvgIpc) is 3.15. The molecule has 0 aromatic carbocycles. The fourth-order valence-electron chi connectivity index (χ4n) is 4.08. The minimum atomic E-state index is -0.943. The third-order valence-electron chi connectivity index (χ3n) is 5.70. The Morgan fingerprint density at radius 3 is 1.48 bits per heavy atom. The van der Waals surface area contributed by atoms with Crippen molar-refractivity contribution in [1.82, 2.24) is 0 Å². The molecule has 0 spiro atoms. The van der Waals surface area contributed by atoms with Crippen molar-refractivity contribution in [3.05, 3.63) is 0 Å². The van der Waals surface area contributed by atoms with Crippen LogP contribution in [0.2, 0.25) is 0 Å². The molecule has 1 aliphatic rings.